The molecule has 0 fully saturated rings. The highest BCUT2D eigenvalue weighted by atomic mass is 35.5. The van der Waals surface area contributed by atoms with Crippen molar-refractivity contribution in [2.24, 2.45) is 0 Å². The number of nitrogens with two attached hydrogens (primary N) is 1. The number of aryl methyl sites for hydroxylation is 1. The predicted octanol–water partition coefficient (Wildman–Crippen LogP) is 3.18. The average Bonchev–Trinajstić information content (AvgIpc) is 2.35. The number of aromatic nitrogens is 2. The molecule has 18 heavy (non-hydrogen) atoms. The highest BCUT2D eigenvalue weighted by Crippen LogP contribution is 2.30. The first-order valence-corrected chi connectivity index (χ1v) is 6.12. The van der Waals surface area contributed by atoms with E-state index in [1.54, 1.807) is 0 Å². The first-order valence-electron chi connectivity index (χ1n) is 5.74. The number of nitrogens with zero attached hydrogens (tertiary/aromatic N) is 3. The Labute approximate surface area is 111 Å². The van der Waals surface area contributed by atoms with Crippen molar-refractivity contribution in [3.63, 3.8) is 0 Å². The summed E-state index contributed by atoms with van der Waals surface area (Å²) in [5, 5.41) is 0.493. The smallest absolute Gasteiger partial charge is 0.222 e. The third-order valence-corrected chi connectivity index (χ3v) is 2.90. The number of nitrogen functional groups attached to an aromatic ring is 1. The summed E-state index contributed by atoms with van der Waals surface area (Å²) in [4.78, 5) is 10.1. The van der Waals surface area contributed by atoms with E-state index in [0.717, 1.165) is 12.2 Å². The highest BCUT2D eigenvalue weighted by Gasteiger charge is 2.13. The molecule has 0 saturated heterocycles. The van der Waals surface area contributed by atoms with Crippen LogP contribution in [-0.2, 0) is 0 Å². The molecule has 0 atom stereocenters. The molecular weight excluding hydrogens is 248 g/mol. The molecule has 4 nitrogen and oxygen atoms in total. The van der Waals surface area contributed by atoms with Crippen LogP contribution in [0.25, 0.3) is 0 Å². The summed E-state index contributed by atoms with van der Waals surface area (Å²) in [7, 11) is 0. The van der Waals surface area contributed by atoms with Gasteiger partial charge in [-0.1, -0.05) is 23.7 Å². The first kappa shape index (κ1) is 12.6. The van der Waals surface area contributed by atoms with Gasteiger partial charge in [0, 0.05) is 12.2 Å². The molecule has 0 aliphatic rings. The molecule has 0 amide bonds. The van der Waals surface area contributed by atoms with Crippen LogP contribution >= 0.6 is 11.6 Å². The molecule has 0 aliphatic carbocycles. The third-order valence-electron chi connectivity index (χ3n) is 2.63. The molecule has 0 radical (unpaired) electrons. The van der Waals surface area contributed by atoms with Crippen LogP contribution in [-0.4, -0.2) is 16.5 Å². The van der Waals surface area contributed by atoms with Crippen LogP contribution in [0.4, 0.5) is 17.5 Å². The Kier molecular flexibility index (Phi) is 3.67. The van der Waals surface area contributed by atoms with E-state index in [1.807, 2.05) is 36.9 Å². The van der Waals surface area contributed by atoms with Crippen molar-refractivity contribution in [2.75, 3.05) is 17.2 Å². The van der Waals surface area contributed by atoms with Crippen molar-refractivity contribution in [3.8, 4) is 0 Å². The standard InChI is InChI=1S/C13H15ClN4/c1-3-18(10-6-4-5-9(2)7-10)12-11(14)8-16-13(15)17-12/h4-8H,3H2,1-2H3,(H2,15,16,17). The summed E-state index contributed by atoms with van der Waals surface area (Å²) in [6.45, 7) is 4.84. The number of benzene rings is 1. The van der Waals surface area contributed by atoms with Crippen molar-refractivity contribution in [3.05, 3.63) is 41.0 Å². The van der Waals surface area contributed by atoms with E-state index < -0.39 is 0 Å². The quantitative estimate of drug-likeness (QED) is 0.923. The van der Waals surface area contributed by atoms with Crippen LogP contribution in [0.3, 0.4) is 0 Å². The van der Waals surface area contributed by atoms with Crippen LogP contribution in [0.5, 0.6) is 0 Å². The van der Waals surface area contributed by atoms with E-state index in [-0.39, 0.29) is 5.95 Å². The molecule has 2 rings (SSSR count). The predicted molar refractivity (Wildman–Crippen MR) is 75.3 cm³/mol. The Bertz CT molecular complexity index is 556. The van der Waals surface area contributed by atoms with E-state index in [1.165, 1.54) is 11.8 Å². The Morgan fingerprint density at radius 3 is 2.83 bits per heavy atom. The van der Waals surface area contributed by atoms with Gasteiger partial charge in [-0.2, -0.15) is 4.98 Å². The van der Waals surface area contributed by atoms with Crippen LogP contribution in [0.2, 0.25) is 5.02 Å². The number of anilines is 3. The van der Waals surface area contributed by atoms with E-state index in [9.17, 15) is 0 Å². The molecular formula is C13H15ClN4. The number of hydrogen-bond acceptors (Lipinski definition) is 4. The summed E-state index contributed by atoms with van der Waals surface area (Å²) in [5.74, 6) is 0.859. The lowest BCUT2D eigenvalue weighted by Crippen LogP contribution is -2.18. The average molecular weight is 263 g/mol. The van der Waals surface area contributed by atoms with Crippen LogP contribution in [0, 0.1) is 6.92 Å². The Morgan fingerprint density at radius 2 is 2.17 bits per heavy atom. The van der Waals surface area contributed by atoms with Crippen molar-refractivity contribution in [1.82, 2.24) is 9.97 Å². The number of halogens is 1. The minimum absolute atomic E-state index is 0.223. The summed E-state index contributed by atoms with van der Waals surface area (Å²) in [5.41, 5.74) is 7.84. The molecule has 1 aromatic heterocycles. The van der Waals surface area contributed by atoms with Gasteiger partial charge in [0.15, 0.2) is 5.82 Å². The fourth-order valence-electron chi connectivity index (χ4n) is 1.81. The van der Waals surface area contributed by atoms with Crippen molar-refractivity contribution >= 4 is 29.1 Å². The normalized spacial score (nSPS) is 10.4. The van der Waals surface area contributed by atoms with Crippen LogP contribution < -0.4 is 10.6 Å². The molecule has 0 spiro atoms. The van der Waals surface area contributed by atoms with Gasteiger partial charge in [0.2, 0.25) is 5.95 Å². The van der Waals surface area contributed by atoms with Gasteiger partial charge in [-0.25, -0.2) is 4.98 Å². The second kappa shape index (κ2) is 5.23. The second-order valence-corrected chi connectivity index (χ2v) is 4.39. The van der Waals surface area contributed by atoms with Gasteiger partial charge in [0.25, 0.3) is 0 Å². The first-order chi connectivity index (χ1) is 8.61. The largest absolute Gasteiger partial charge is 0.368 e. The minimum atomic E-state index is 0.223. The maximum absolute atomic E-state index is 6.14. The molecule has 94 valence electrons. The fourth-order valence-corrected chi connectivity index (χ4v) is 2.00. The van der Waals surface area contributed by atoms with Crippen molar-refractivity contribution < 1.29 is 0 Å². The molecule has 1 heterocycles. The topological polar surface area (TPSA) is 55.0 Å². The summed E-state index contributed by atoms with van der Waals surface area (Å²) in [6.07, 6.45) is 1.53. The fraction of sp³-hybridized carbons (Fsp3) is 0.231. The maximum atomic E-state index is 6.14. The zero-order valence-corrected chi connectivity index (χ0v) is 11.1. The van der Waals surface area contributed by atoms with E-state index >= 15 is 0 Å². The molecule has 1 aromatic carbocycles. The SMILES string of the molecule is CCN(c1cccc(C)c1)c1nc(N)ncc1Cl. The summed E-state index contributed by atoms with van der Waals surface area (Å²) in [6, 6.07) is 8.16. The lowest BCUT2D eigenvalue weighted by atomic mass is 10.2. The highest BCUT2D eigenvalue weighted by molar-refractivity contribution is 6.33. The van der Waals surface area contributed by atoms with Gasteiger partial charge in [-0.3, -0.25) is 0 Å². The van der Waals surface area contributed by atoms with Gasteiger partial charge in [0.05, 0.1) is 6.20 Å². The third kappa shape index (κ3) is 2.54. The Morgan fingerprint density at radius 1 is 1.39 bits per heavy atom. The van der Waals surface area contributed by atoms with Crippen molar-refractivity contribution in [2.45, 2.75) is 13.8 Å². The molecule has 0 aliphatic heterocycles. The van der Waals surface area contributed by atoms with Crippen molar-refractivity contribution in [1.29, 1.82) is 0 Å². The Hall–Kier alpha value is -1.81. The number of hydrogen-bond donors (Lipinski definition) is 1. The van der Waals surface area contributed by atoms with Gasteiger partial charge >= 0.3 is 0 Å². The Balaban J connectivity index is 2.48. The molecule has 2 N–H and O–H groups in total. The molecule has 5 heteroatoms. The van der Waals surface area contributed by atoms with E-state index in [2.05, 4.69) is 16.0 Å². The van der Waals surface area contributed by atoms with Crippen LogP contribution in [0.1, 0.15) is 12.5 Å². The van der Waals surface area contributed by atoms with Gasteiger partial charge in [0.1, 0.15) is 5.02 Å². The molecule has 2 aromatic rings. The number of rotatable bonds is 3. The zero-order chi connectivity index (χ0) is 13.1. The van der Waals surface area contributed by atoms with Gasteiger partial charge in [-0.05, 0) is 31.5 Å². The molecule has 0 saturated carbocycles. The van der Waals surface area contributed by atoms with E-state index in [4.69, 9.17) is 17.3 Å². The lowest BCUT2D eigenvalue weighted by Gasteiger charge is -2.23. The minimum Gasteiger partial charge on any atom is -0.368 e. The van der Waals surface area contributed by atoms with Gasteiger partial charge < -0.3 is 10.6 Å². The summed E-state index contributed by atoms with van der Waals surface area (Å²) < 4.78 is 0. The molecule has 0 unspecified atom stereocenters. The monoisotopic (exact) mass is 262 g/mol. The summed E-state index contributed by atoms with van der Waals surface area (Å²) >= 11 is 6.14. The zero-order valence-electron chi connectivity index (χ0n) is 10.4. The molecule has 0 bridgehead atoms. The van der Waals surface area contributed by atoms with E-state index in [0.29, 0.717) is 10.8 Å². The lowest BCUT2D eigenvalue weighted by molar-refractivity contribution is 0.979. The second-order valence-electron chi connectivity index (χ2n) is 3.98. The van der Waals surface area contributed by atoms with Gasteiger partial charge in [-0.15, -0.1) is 0 Å². The maximum Gasteiger partial charge on any atom is 0.222 e. The van der Waals surface area contributed by atoms with Crippen LogP contribution in [0.15, 0.2) is 30.5 Å².